The third kappa shape index (κ3) is 5.12. The van der Waals surface area contributed by atoms with E-state index in [1.165, 1.54) is 57.1 Å². The van der Waals surface area contributed by atoms with E-state index in [0.29, 0.717) is 6.07 Å². The quantitative estimate of drug-likeness (QED) is 0.493. The summed E-state index contributed by atoms with van der Waals surface area (Å²) in [6.07, 6.45) is -4.79. The molecule has 2 aromatic carbocycles. The molecular formula is C22H20F4N4O2S. The topological polar surface area (TPSA) is 76.4 Å². The van der Waals surface area contributed by atoms with Crippen molar-refractivity contribution in [3.63, 3.8) is 0 Å². The number of benzene rings is 2. The number of carbonyl (C=O) groups is 2. The van der Waals surface area contributed by atoms with Gasteiger partial charge < -0.3 is 15.1 Å². The standard InChI is InChI=1S/C22H20F4N4O2S/c1-21(2,30(12-33)15-7-8-16(18(23)10-15)19(31)28-3)20(32)29(4)14-6-5-13(11-27)17(9-14)22(24,25)26/h5-10,12H,1-4H3,(H,28,31). The van der Waals surface area contributed by atoms with Gasteiger partial charge in [0.2, 0.25) is 0 Å². The van der Waals surface area contributed by atoms with Gasteiger partial charge in [-0.15, -0.1) is 0 Å². The summed E-state index contributed by atoms with van der Waals surface area (Å²) >= 11 is 5.02. The minimum atomic E-state index is -4.79. The van der Waals surface area contributed by atoms with Crippen LogP contribution >= 0.6 is 12.2 Å². The number of nitrogens with zero attached hydrogens (tertiary/aromatic N) is 3. The van der Waals surface area contributed by atoms with Crippen LogP contribution < -0.4 is 15.1 Å². The van der Waals surface area contributed by atoms with Gasteiger partial charge in [-0.05, 0) is 50.2 Å². The second-order valence-electron chi connectivity index (χ2n) is 7.48. The lowest BCUT2D eigenvalue weighted by molar-refractivity contribution is -0.137. The molecule has 174 valence electrons. The molecule has 1 N–H and O–H groups in total. The van der Waals surface area contributed by atoms with Crippen LogP contribution in [0.1, 0.15) is 35.3 Å². The Morgan fingerprint density at radius 3 is 2.21 bits per heavy atom. The number of hydrogen-bond acceptors (Lipinski definition) is 4. The number of likely N-dealkylation sites (N-methyl/N-ethyl adjacent to an activating group) is 1. The Balaban J connectivity index is 2.45. The van der Waals surface area contributed by atoms with E-state index in [-0.39, 0.29) is 16.9 Å². The molecule has 6 nitrogen and oxygen atoms in total. The van der Waals surface area contributed by atoms with E-state index < -0.39 is 40.5 Å². The van der Waals surface area contributed by atoms with E-state index >= 15 is 0 Å². The molecule has 0 fully saturated rings. The van der Waals surface area contributed by atoms with Crippen molar-refractivity contribution in [2.45, 2.75) is 25.6 Å². The maximum atomic E-state index is 14.5. The van der Waals surface area contributed by atoms with Crippen LogP contribution in [0.2, 0.25) is 0 Å². The van der Waals surface area contributed by atoms with Gasteiger partial charge in [0.05, 0.1) is 28.3 Å². The van der Waals surface area contributed by atoms with Crippen molar-refractivity contribution in [1.29, 1.82) is 5.26 Å². The number of amides is 2. The Morgan fingerprint density at radius 1 is 1.12 bits per heavy atom. The van der Waals surface area contributed by atoms with Crippen LogP contribution in [0.5, 0.6) is 0 Å². The molecule has 33 heavy (non-hydrogen) atoms. The fraction of sp³-hybridized carbons (Fsp3) is 0.273. The Morgan fingerprint density at radius 2 is 1.73 bits per heavy atom. The third-order valence-electron chi connectivity index (χ3n) is 5.05. The summed E-state index contributed by atoms with van der Waals surface area (Å²) in [5.41, 5.74) is -2.22. The fourth-order valence-electron chi connectivity index (χ4n) is 3.19. The number of thiocarbonyl (C=S) groups is 1. The lowest BCUT2D eigenvalue weighted by atomic mass is 9.99. The normalized spacial score (nSPS) is 11.4. The molecule has 0 heterocycles. The van der Waals surface area contributed by atoms with E-state index in [1.54, 1.807) is 0 Å². The highest BCUT2D eigenvalue weighted by Crippen LogP contribution is 2.35. The number of halogens is 4. The molecule has 0 spiro atoms. The van der Waals surface area contributed by atoms with Gasteiger partial charge in [0, 0.05) is 25.5 Å². The van der Waals surface area contributed by atoms with Crippen molar-refractivity contribution >= 4 is 40.9 Å². The van der Waals surface area contributed by atoms with Crippen LogP contribution in [0.15, 0.2) is 36.4 Å². The van der Waals surface area contributed by atoms with Crippen LogP contribution in [-0.2, 0) is 11.0 Å². The molecule has 0 aliphatic heterocycles. The van der Waals surface area contributed by atoms with Gasteiger partial charge in [-0.2, -0.15) is 18.4 Å². The summed E-state index contributed by atoms with van der Waals surface area (Å²) in [5, 5.41) is 11.3. The van der Waals surface area contributed by atoms with Gasteiger partial charge in [0.25, 0.3) is 11.8 Å². The first-order valence-electron chi connectivity index (χ1n) is 9.45. The molecule has 0 bridgehead atoms. The SMILES string of the molecule is CNC(=O)c1ccc(N(C=S)C(C)(C)C(=O)N(C)c2ccc(C#N)c(C(F)(F)F)c2)cc1F. The van der Waals surface area contributed by atoms with Crippen molar-refractivity contribution in [3.8, 4) is 6.07 Å². The van der Waals surface area contributed by atoms with Crippen molar-refractivity contribution < 1.29 is 27.2 Å². The molecule has 11 heteroatoms. The highest BCUT2D eigenvalue weighted by Gasteiger charge is 2.39. The summed E-state index contributed by atoms with van der Waals surface area (Å²) in [7, 11) is 2.63. The molecule has 0 saturated heterocycles. The second-order valence-corrected chi connectivity index (χ2v) is 7.69. The van der Waals surface area contributed by atoms with E-state index in [9.17, 15) is 27.2 Å². The first-order valence-corrected chi connectivity index (χ1v) is 9.92. The van der Waals surface area contributed by atoms with Crippen molar-refractivity contribution in [1.82, 2.24) is 5.32 Å². The average molecular weight is 480 g/mol. The number of nitrogens with one attached hydrogen (secondary N) is 1. The van der Waals surface area contributed by atoms with E-state index in [2.05, 4.69) is 5.32 Å². The highest BCUT2D eigenvalue weighted by atomic mass is 32.1. The van der Waals surface area contributed by atoms with Gasteiger partial charge in [-0.3, -0.25) is 9.59 Å². The number of anilines is 2. The van der Waals surface area contributed by atoms with Gasteiger partial charge in [0.15, 0.2) is 0 Å². The highest BCUT2D eigenvalue weighted by molar-refractivity contribution is 7.79. The van der Waals surface area contributed by atoms with Crippen LogP contribution in [-0.4, -0.2) is 36.9 Å². The number of hydrogen-bond donors (Lipinski definition) is 1. The monoisotopic (exact) mass is 480 g/mol. The van der Waals surface area contributed by atoms with Gasteiger partial charge in [0.1, 0.15) is 11.4 Å². The molecule has 2 rings (SSSR count). The zero-order chi connectivity index (χ0) is 25.1. The fourth-order valence-corrected chi connectivity index (χ4v) is 3.58. The molecule has 0 aromatic heterocycles. The number of nitriles is 1. The lowest BCUT2D eigenvalue weighted by Gasteiger charge is -2.38. The summed E-state index contributed by atoms with van der Waals surface area (Å²) in [4.78, 5) is 27.3. The molecule has 0 aliphatic rings. The van der Waals surface area contributed by atoms with Gasteiger partial charge in [-0.1, -0.05) is 12.2 Å². The Hall–Kier alpha value is -3.52. The number of carbonyl (C=O) groups excluding carboxylic acids is 2. The van der Waals surface area contributed by atoms with Crippen molar-refractivity contribution in [2.75, 3.05) is 23.9 Å². The van der Waals surface area contributed by atoms with E-state index in [1.807, 2.05) is 0 Å². The number of rotatable bonds is 6. The first kappa shape index (κ1) is 25.7. The van der Waals surface area contributed by atoms with Crippen LogP contribution in [0.3, 0.4) is 0 Å². The van der Waals surface area contributed by atoms with E-state index in [0.717, 1.165) is 22.5 Å². The molecule has 2 amide bonds. The zero-order valence-corrected chi connectivity index (χ0v) is 18.9. The first-order chi connectivity index (χ1) is 15.3. The maximum absolute atomic E-state index is 14.5. The molecule has 2 aromatic rings. The summed E-state index contributed by atoms with van der Waals surface area (Å²) < 4.78 is 54.4. The Kier molecular flexibility index (Phi) is 7.44. The lowest BCUT2D eigenvalue weighted by Crippen LogP contribution is -2.55. The van der Waals surface area contributed by atoms with Crippen LogP contribution in [0, 0.1) is 17.1 Å². The van der Waals surface area contributed by atoms with Crippen molar-refractivity contribution in [3.05, 3.63) is 58.9 Å². The molecule has 0 radical (unpaired) electrons. The molecular weight excluding hydrogens is 460 g/mol. The van der Waals surface area contributed by atoms with Crippen molar-refractivity contribution in [2.24, 2.45) is 0 Å². The molecule has 0 unspecified atom stereocenters. The number of alkyl halides is 3. The van der Waals surface area contributed by atoms with Crippen LogP contribution in [0.25, 0.3) is 0 Å². The smallest absolute Gasteiger partial charge is 0.355 e. The Bertz CT molecular complexity index is 1140. The largest absolute Gasteiger partial charge is 0.417 e. The summed E-state index contributed by atoms with van der Waals surface area (Å²) in [6.45, 7) is 2.93. The maximum Gasteiger partial charge on any atom is 0.417 e. The minimum Gasteiger partial charge on any atom is -0.355 e. The molecule has 0 aliphatic carbocycles. The summed E-state index contributed by atoms with van der Waals surface area (Å²) in [5.74, 6) is -2.13. The Labute approximate surface area is 193 Å². The zero-order valence-electron chi connectivity index (χ0n) is 18.1. The third-order valence-corrected chi connectivity index (χ3v) is 5.27. The summed E-state index contributed by atoms with van der Waals surface area (Å²) in [6, 6.07) is 8.07. The molecule has 0 atom stereocenters. The van der Waals surface area contributed by atoms with Gasteiger partial charge in [-0.25, -0.2) is 4.39 Å². The molecule has 0 saturated carbocycles. The van der Waals surface area contributed by atoms with Gasteiger partial charge >= 0.3 is 6.18 Å². The average Bonchev–Trinajstić information content (AvgIpc) is 2.76. The minimum absolute atomic E-state index is 0.0927. The predicted molar refractivity (Wildman–Crippen MR) is 120 cm³/mol. The van der Waals surface area contributed by atoms with Crippen LogP contribution in [0.4, 0.5) is 28.9 Å². The predicted octanol–water partition coefficient (Wildman–Crippen LogP) is 4.28. The van der Waals surface area contributed by atoms with E-state index in [4.69, 9.17) is 17.5 Å². The second kappa shape index (κ2) is 9.54.